The summed E-state index contributed by atoms with van der Waals surface area (Å²) in [5.41, 5.74) is 1.28. The Kier molecular flexibility index (Phi) is 3.03. The molecule has 0 spiro atoms. The number of carboxylic acids is 1. The Morgan fingerprint density at radius 3 is 2.31 bits per heavy atom. The van der Waals surface area contributed by atoms with Crippen LogP contribution in [-0.2, 0) is 4.74 Å². The number of carboxylic acid groups (broad SMARTS) is 1. The lowest BCUT2D eigenvalue weighted by Crippen LogP contribution is -1.99. The molecule has 0 unspecified atom stereocenters. The van der Waals surface area contributed by atoms with E-state index in [1.165, 1.54) is 0 Å². The van der Waals surface area contributed by atoms with Crippen molar-refractivity contribution in [3.63, 3.8) is 0 Å². The van der Waals surface area contributed by atoms with E-state index in [0.29, 0.717) is 5.56 Å². The summed E-state index contributed by atoms with van der Waals surface area (Å²) >= 11 is 0. The minimum Gasteiger partial charge on any atom is -0.478 e. The van der Waals surface area contributed by atoms with E-state index in [4.69, 9.17) is 9.84 Å². The average molecular weight is 180 g/mol. The fraction of sp³-hybridized carbons (Fsp3) is 0.300. The number of benzene rings is 1. The smallest absolute Gasteiger partial charge is 0.335 e. The van der Waals surface area contributed by atoms with Crippen molar-refractivity contribution in [3.8, 4) is 0 Å². The van der Waals surface area contributed by atoms with Gasteiger partial charge in [-0.25, -0.2) is 4.79 Å². The Morgan fingerprint density at radius 1 is 1.38 bits per heavy atom. The second kappa shape index (κ2) is 4.05. The monoisotopic (exact) mass is 180 g/mol. The summed E-state index contributed by atoms with van der Waals surface area (Å²) in [6.45, 7) is 1.91. The molecule has 13 heavy (non-hydrogen) atoms. The van der Waals surface area contributed by atoms with Crippen LogP contribution in [0.4, 0.5) is 0 Å². The molecule has 3 nitrogen and oxygen atoms in total. The van der Waals surface area contributed by atoms with Crippen molar-refractivity contribution >= 4 is 5.97 Å². The first-order valence-electron chi connectivity index (χ1n) is 4.01. The highest BCUT2D eigenvalue weighted by Gasteiger charge is 2.05. The van der Waals surface area contributed by atoms with E-state index in [-0.39, 0.29) is 6.10 Å². The molecule has 0 saturated carbocycles. The summed E-state index contributed by atoms with van der Waals surface area (Å²) in [7, 11) is 1.62. The number of hydrogen-bond acceptors (Lipinski definition) is 2. The maximum atomic E-state index is 10.5. The van der Waals surface area contributed by atoms with Crippen LogP contribution in [0.25, 0.3) is 0 Å². The molecular formula is C10H12O3. The highest BCUT2D eigenvalue weighted by Crippen LogP contribution is 2.15. The first-order valence-corrected chi connectivity index (χ1v) is 4.01. The van der Waals surface area contributed by atoms with Crippen LogP contribution in [0.15, 0.2) is 24.3 Å². The minimum absolute atomic E-state index is 0.00263. The van der Waals surface area contributed by atoms with Gasteiger partial charge in [-0.3, -0.25) is 0 Å². The van der Waals surface area contributed by atoms with Crippen LogP contribution < -0.4 is 0 Å². The fourth-order valence-electron chi connectivity index (χ4n) is 1.03. The molecule has 1 N–H and O–H groups in total. The summed E-state index contributed by atoms with van der Waals surface area (Å²) in [6.07, 6.45) is 0.00263. The van der Waals surface area contributed by atoms with E-state index in [2.05, 4.69) is 0 Å². The predicted octanol–water partition coefficient (Wildman–Crippen LogP) is 2.09. The number of hydrogen-bond donors (Lipinski definition) is 1. The lowest BCUT2D eigenvalue weighted by atomic mass is 10.1. The zero-order valence-corrected chi connectivity index (χ0v) is 7.65. The number of carbonyl (C=O) groups is 1. The van der Waals surface area contributed by atoms with Crippen LogP contribution in [-0.4, -0.2) is 18.2 Å². The first kappa shape index (κ1) is 9.74. The largest absolute Gasteiger partial charge is 0.478 e. The molecule has 1 aromatic rings. The molecule has 0 aromatic heterocycles. The maximum Gasteiger partial charge on any atom is 0.335 e. The van der Waals surface area contributed by atoms with Crippen molar-refractivity contribution in [1.29, 1.82) is 0 Å². The van der Waals surface area contributed by atoms with Crippen molar-refractivity contribution in [3.05, 3.63) is 35.4 Å². The van der Waals surface area contributed by atoms with Gasteiger partial charge in [-0.05, 0) is 24.6 Å². The number of rotatable bonds is 3. The Labute approximate surface area is 77.0 Å². The summed E-state index contributed by atoms with van der Waals surface area (Å²) in [5, 5.41) is 8.64. The summed E-state index contributed by atoms with van der Waals surface area (Å²) in [4.78, 5) is 10.5. The molecule has 0 heterocycles. The van der Waals surface area contributed by atoms with E-state index in [9.17, 15) is 4.79 Å². The Balaban J connectivity index is 2.87. The van der Waals surface area contributed by atoms with Crippen molar-refractivity contribution in [2.45, 2.75) is 13.0 Å². The number of aromatic carboxylic acids is 1. The molecule has 0 aliphatic heterocycles. The van der Waals surface area contributed by atoms with Gasteiger partial charge >= 0.3 is 5.97 Å². The molecule has 0 saturated heterocycles. The predicted molar refractivity (Wildman–Crippen MR) is 48.8 cm³/mol. The normalized spacial score (nSPS) is 12.5. The molecular weight excluding hydrogens is 168 g/mol. The topological polar surface area (TPSA) is 46.5 Å². The molecule has 3 heteroatoms. The standard InChI is InChI=1S/C10H12O3/c1-7(13-2)8-3-5-9(6-4-8)10(11)12/h3-7H,1-2H3,(H,11,12)/t7-/m0/s1. The van der Waals surface area contributed by atoms with E-state index >= 15 is 0 Å². The third kappa shape index (κ3) is 2.29. The van der Waals surface area contributed by atoms with Gasteiger partial charge in [-0.1, -0.05) is 12.1 Å². The van der Waals surface area contributed by atoms with Crippen LogP contribution in [0.2, 0.25) is 0 Å². The molecule has 1 rings (SSSR count). The van der Waals surface area contributed by atoms with Gasteiger partial charge in [0.15, 0.2) is 0 Å². The molecule has 70 valence electrons. The Morgan fingerprint density at radius 2 is 1.92 bits per heavy atom. The molecule has 0 amide bonds. The first-order chi connectivity index (χ1) is 6.15. The summed E-state index contributed by atoms with van der Waals surface area (Å²) < 4.78 is 5.09. The van der Waals surface area contributed by atoms with Crippen LogP contribution in [0.5, 0.6) is 0 Å². The highest BCUT2D eigenvalue weighted by atomic mass is 16.5. The van der Waals surface area contributed by atoms with Crippen LogP contribution in [0.3, 0.4) is 0 Å². The van der Waals surface area contributed by atoms with Gasteiger partial charge in [0, 0.05) is 7.11 Å². The van der Waals surface area contributed by atoms with Crippen LogP contribution in [0.1, 0.15) is 28.9 Å². The van der Waals surface area contributed by atoms with Gasteiger partial charge in [0.1, 0.15) is 0 Å². The van der Waals surface area contributed by atoms with Crippen LogP contribution >= 0.6 is 0 Å². The summed E-state index contributed by atoms with van der Waals surface area (Å²) in [5.74, 6) is -0.906. The molecule has 0 aliphatic rings. The highest BCUT2D eigenvalue weighted by molar-refractivity contribution is 5.87. The van der Waals surface area contributed by atoms with E-state index in [0.717, 1.165) is 5.56 Å². The molecule has 0 aliphatic carbocycles. The quantitative estimate of drug-likeness (QED) is 0.774. The van der Waals surface area contributed by atoms with E-state index in [1.54, 1.807) is 31.4 Å². The second-order valence-electron chi connectivity index (χ2n) is 2.81. The van der Waals surface area contributed by atoms with Gasteiger partial charge < -0.3 is 9.84 Å². The Bertz CT molecular complexity index is 290. The molecule has 0 fully saturated rings. The number of ether oxygens (including phenoxy) is 1. The van der Waals surface area contributed by atoms with E-state index in [1.807, 2.05) is 6.92 Å². The minimum atomic E-state index is -0.906. The zero-order valence-electron chi connectivity index (χ0n) is 7.65. The van der Waals surface area contributed by atoms with Gasteiger partial charge in [-0.2, -0.15) is 0 Å². The van der Waals surface area contributed by atoms with Gasteiger partial charge in [-0.15, -0.1) is 0 Å². The lowest BCUT2D eigenvalue weighted by molar-refractivity contribution is 0.0696. The van der Waals surface area contributed by atoms with Crippen molar-refractivity contribution in [1.82, 2.24) is 0 Å². The molecule has 1 aromatic carbocycles. The fourth-order valence-corrected chi connectivity index (χ4v) is 1.03. The van der Waals surface area contributed by atoms with Crippen molar-refractivity contribution in [2.75, 3.05) is 7.11 Å². The second-order valence-corrected chi connectivity index (χ2v) is 2.81. The average Bonchev–Trinajstić information content (AvgIpc) is 2.17. The Hall–Kier alpha value is -1.35. The van der Waals surface area contributed by atoms with Gasteiger partial charge in [0.2, 0.25) is 0 Å². The van der Waals surface area contributed by atoms with Crippen molar-refractivity contribution < 1.29 is 14.6 Å². The van der Waals surface area contributed by atoms with Crippen molar-refractivity contribution in [2.24, 2.45) is 0 Å². The third-order valence-electron chi connectivity index (χ3n) is 1.98. The zero-order chi connectivity index (χ0) is 9.84. The van der Waals surface area contributed by atoms with Gasteiger partial charge in [0.25, 0.3) is 0 Å². The molecule has 0 bridgehead atoms. The van der Waals surface area contributed by atoms with E-state index < -0.39 is 5.97 Å². The van der Waals surface area contributed by atoms with Crippen LogP contribution in [0, 0.1) is 0 Å². The van der Waals surface area contributed by atoms with Gasteiger partial charge in [0.05, 0.1) is 11.7 Å². The summed E-state index contributed by atoms with van der Waals surface area (Å²) in [6, 6.07) is 6.68. The lowest BCUT2D eigenvalue weighted by Gasteiger charge is -2.09. The SMILES string of the molecule is CO[C@@H](C)c1ccc(C(=O)O)cc1. The number of methoxy groups -OCH3 is 1. The molecule has 1 atom stereocenters. The molecule has 0 radical (unpaired) electrons. The third-order valence-corrected chi connectivity index (χ3v) is 1.98. The maximum absolute atomic E-state index is 10.5.